The Morgan fingerprint density at radius 3 is 2.42 bits per heavy atom. The number of rotatable bonds is 1. The van der Waals surface area contributed by atoms with E-state index in [0.717, 1.165) is 12.3 Å². The van der Waals surface area contributed by atoms with Crippen LogP contribution in [0.2, 0.25) is 0 Å². The molecule has 0 bridgehead atoms. The Bertz CT molecular complexity index is 264. The summed E-state index contributed by atoms with van der Waals surface area (Å²) in [5.41, 5.74) is -0.234. The van der Waals surface area contributed by atoms with Crippen molar-refractivity contribution in [3.63, 3.8) is 0 Å². The average Bonchev–Trinajstić information content (AvgIpc) is 2.31. The second-order valence-corrected chi connectivity index (χ2v) is 2.38. The van der Waals surface area contributed by atoms with Crippen molar-refractivity contribution in [3.05, 3.63) is 23.7 Å². The highest BCUT2D eigenvalue weighted by molar-refractivity contribution is 5.19. The van der Waals surface area contributed by atoms with E-state index in [1.807, 2.05) is 0 Å². The fourth-order valence-electron chi connectivity index (χ4n) is 0.855. The predicted molar refractivity (Wildman–Crippen MR) is 34.5 cm³/mol. The van der Waals surface area contributed by atoms with Crippen molar-refractivity contribution in [1.82, 2.24) is 0 Å². The molecule has 1 rings (SSSR count). The smallest absolute Gasteiger partial charge is 0.418 e. The largest absolute Gasteiger partial charge is 0.469 e. The van der Waals surface area contributed by atoms with Gasteiger partial charge in [0.15, 0.2) is 6.10 Å². The molecule has 1 heterocycles. The minimum atomic E-state index is -4.63. The molecule has 0 aliphatic rings. The topological polar surface area (TPSA) is 33.4 Å². The van der Waals surface area contributed by atoms with E-state index in [2.05, 4.69) is 4.42 Å². The highest BCUT2D eigenvalue weighted by atomic mass is 19.4. The van der Waals surface area contributed by atoms with Crippen LogP contribution < -0.4 is 0 Å². The third-order valence-corrected chi connectivity index (χ3v) is 1.50. The summed E-state index contributed by atoms with van der Waals surface area (Å²) in [6.45, 7) is 1.37. The summed E-state index contributed by atoms with van der Waals surface area (Å²) in [7, 11) is 0. The monoisotopic (exact) mass is 180 g/mol. The lowest BCUT2D eigenvalue weighted by molar-refractivity contribution is -0.207. The van der Waals surface area contributed by atoms with Gasteiger partial charge in [-0.2, -0.15) is 13.2 Å². The van der Waals surface area contributed by atoms with Gasteiger partial charge in [0.1, 0.15) is 5.76 Å². The van der Waals surface area contributed by atoms with Gasteiger partial charge in [-0.25, -0.2) is 0 Å². The molecule has 0 saturated carbocycles. The summed E-state index contributed by atoms with van der Waals surface area (Å²) in [5, 5.41) is 8.74. The first-order valence-corrected chi connectivity index (χ1v) is 3.21. The van der Waals surface area contributed by atoms with E-state index < -0.39 is 12.3 Å². The Balaban J connectivity index is 2.92. The van der Waals surface area contributed by atoms with Crippen LogP contribution in [-0.2, 0) is 0 Å². The molecule has 68 valence electrons. The maximum absolute atomic E-state index is 11.9. The molecule has 0 amide bonds. The summed E-state index contributed by atoms with van der Waals surface area (Å²) in [6.07, 6.45) is -5.97. The Kier molecular flexibility index (Phi) is 2.14. The Morgan fingerprint density at radius 1 is 1.50 bits per heavy atom. The second-order valence-electron chi connectivity index (χ2n) is 2.38. The molecule has 0 radical (unpaired) electrons. The summed E-state index contributed by atoms with van der Waals surface area (Å²) >= 11 is 0. The van der Waals surface area contributed by atoms with E-state index in [1.165, 1.54) is 6.92 Å². The zero-order chi connectivity index (χ0) is 9.35. The number of aliphatic hydroxyl groups is 1. The van der Waals surface area contributed by atoms with Crippen LogP contribution >= 0.6 is 0 Å². The minimum absolute atomic E-state index is 0.0832. The van der Waals surface area contributed by atoms with E-state index in [-0.39, 0.29) is 11.3 Å². The molecule has 0 aliphatic carbocycles. The van der Waals surface area contributed by atoms with E-state index in [0.29, 0.717) is 0 Å². The van der Waals surface area contributed by atoms with Crippen molar-refractivity contribution in [2.45, 2.75) is 19.2 Å². The molecule has 2 nitrogen and oxygen atoms in total. The number of alkyl halides is 3. The summed E-state index contributed by atoms with van der Waals surface area (Å²) in [4.78, 5) is 0. The van der Waals surface area contributed by atoms with Crippen molar-refractivity contribution in [2.24, 2.45) is 0 Å². The van der Waals surface area contributed by atoms with Crippen LogP contribution in [0.4, 0.5) is 13.2 Å². The lowest BCUT2D eigenvalue weighted by Crippen LogP contribution is -2.20. The zero-order valence-electron chi connectivity index (χ0n) is 6.22. The van der Waals surface area contributed by atoms with Crippen molar-refractivity contribution in [2.75, 3.05) is 0 Å². The van der Waals surface area contributed by atoms with Gasteiger partial charge >= 0.3 is 6.18 Å². The molecule has 0 fully saturated rings. The highest BCUT2D eigenvalue weighted by Crippen LogP contribution is 2.34. The molecule has 1 aromatic rings. The lowest BCUT2D eigenvalue weighted by Gasteiger charge is -2.12. The molecule has 1 N–H and O–H groups in total. The number of hydrogen-bond acceptors (Lipinski definition) is 2. The van der Waals surface area contributed by atoms with Gasteiger partial charge in [0.05, 0.1) is 6.26 Å². The maximum Gasteiger partial charge on any atom is 0.418 e. The van der Waals surface area contributed by atoms with Gasteiger partial charge in [-0.15, -0.1) is 0 Å². The SMILES string of the molecule is Cc1occc1[C@H](O)C(F)(F)F. The first-order valence-electron chi connectivity index (χ1n) is 3.21. The van der Waals surface area contributed by atoms with Crippen LogP contribution in [0.5, 0.6) is 0 Å². The second kappa shape index (κ2) is 2.82. The Labute approximate surface area is 66.6 Å². The van der Waals surface area contributed by atoms with Crippen LogP contribution in [-0.4, -0.2) is 11.3 Å². The quantitative estimate of drug-likeness (QED) is 0.718. The number of hydrogen-bond donors (Lipinski definition) is 1. The van der Waals surface area contributed by atoms with Crippen LogP contribution in [0.25, 0.3) is 0 Å². The molecule has 0 spiro atoms. The molecule has 12 heavy (non-hydrogen) atoms. The molecular formula is C7H7F3O2. The molecule has 5 heteroatoms. The van der Waals surface area contributed by atoms with E-state index in [4.69, 9.17) is 5.11 Å². The number of aliphatic hydroxyl groups excluding tert-OH is 1. The molecule has 0 saturated heterocycles. The molecule has 0 aromatic carbocycles. The van der Waals surface area contributed by atoms with Gasteiger partial charge in [-0.1, -0.05) is 0 Å². The zero-order valence-corrected chi connectivity index (χ0v) is 6.22. The van der Waals surface area contributed by atoms with Gasteiger partial charge in [0, 0.05) is 5.56 Å². The maximum atomic E-state index is 11.9. The molecule has 0 aliphatic heterocycles. The Morgan fingerprint density at radius 2 is 2.08 bits per heavy atom. The fourth-order valence-corrected chi connectivity index (χ4v) is 0.855. The van der Waals surface area contributed by atoms with Gasteiger partial charge in [0.2, 0.25) is 0 Å². The van der Waals surface area contributed by atoms with Crippen molar-refractivity contribution < 1.29 is 22.7 Å². The van der Waals surface area contributed by atoms with Crippen LogP contribution in [0.1, 0.15) is 17.4 Å². The van der Waals surface area contributed by atoms with Crippen molar-refractivity contribution in [3.8, 4) is 0 Å². The summed E-state index contributed by atoms with van der Waals surface area (Å²) in [6, 6.07) is 1.10. The number of halogens is 3. The normalized spacial score (nSPS) is 14.8. The number of aryl methyl sites for hydroxylation is 1. The number of furan rings is 1. The molecule has 1 aromatic heterocycles. The molecule has 1 atom stereocenters. The first kappa shape index (κ1) is 9.12. The van der Waals surface area contributed by atoms with Crippen LogP contribution in [0, 0.1) is 6.92 Å². The van der Waals surface area contributed by atoms with Gasteiger partial charge in [-0.3, -0.25) is 0 Å². The summed E-state index contributed by atoms with van der Waals surface area (Å²) < 4.78 is 40.3. The molecule has 0 unspecified atom stereocenters. The van der Waals surface area contributed by atoms with Gasteiger partial charge in [0.25, 0.3) is 0 Å². The van der Waals surface area contributed by atoms with Crippen molar-refractivity contribution in [1.29, 1.82) is 0 Å². The van der Waals surface area contributed by atoms with Crippen LogP contribution in [0.15, 0.2) is 16.7 Å². The summed E-state index contributed by atoms with van der Waals surface area (Å²) in [5.74, 6) is 0.0832. The minimum Gasteiger partial charge on any atom is -0.469 e. The standard InChI is InChI=1S/C7H7F3O2/c1-4-5(2-3-12-4)6(11)7(8,9)10/h2-3,6,11H,1H3/t6-/m0/s1. The molecular weight excluding hydrogens is 173 g/mol. The van der Waals surface area contributed by atoms with Crippen molar-refractivity contribution >= 4 is 0 Å². The van der Waals surface area contributed by atoms with Crippen LogP contribution in [0.3, 0.4) is 0 Å². The lowest BCUT2D eigenvalue weighted by atomic mass is 10.1. The first-order chi connectivity index (χ1) is 5.43. The van der Waals surface area contributed by atoms with E-state index in [9.17, 15) is 13.2 Å². The van der Waals surface area contributed by atoms with Gasteiger partial charge < -0.3 is 9.52 Å². The van der Waals surface area contributed by atoms with Gasteiger partial charge in [-0.05, 0) is 13.0 Å². The third-order valence-electron chi connectivity index (χ3n) is 1.50. The fraction of sp³-hybridized carbons (Fsp3) is 0.429. The van der Waals surface area contributed by atoms with E-state index >= 15 is 0 Å². The third kappa shape index (κ3) is 1.61. The highest BCUT2D eigenvalue weighted by Gasteiger charge is 2.40. The van der Waals surface area contributed by atoms with E-state index in [1.54, 1.807) is 0 Å². The average molecular weight is 180 g/mol. The predicted octanol–water partition coefficient (Wildman–Crippen LogP) is 2.18. The Hall–Kier alpha value is -0.970.